The zero-order valence-electron chi connectivity index (χ0n) is 16.8. The summed E-state index contributed by atoms with van der Waals surface area (Å²) in [7, 11) is -3.89. The zero-order valence-corrected chi connectivity index (χ0v) is 18.5. The van der Waals surface area contributed by atoms with E-state index in [0.29, 0.717) is 30.1 Å². The molecule has 0 aromatic heterocycles. The smallest absolute Gasteiger partial charge is 0.262 e. The second-order valence-corrected chi connectivity index (χ2v) is 9.66. The van der Waals surface area contributed by atoms with Crippen molar-refractivity contribution in [2.75, 3.05) is 24.1 Å². The number of rotatable bonds is 7. The van der Waals surface area contributed by atoms with Gasteiger partial charge in [0.2, 0.25) is 0 Å². The van der Waals surface area contributed by atoms with Crippen LogP contribution in [0.4, 0.5) is 5.69 Å². The Bertz CT molecular complexity index is 984. The number of nitrogens with one attached hydrogen (secondary N) is 1. The lowest BCUT2D eigenvalue weighted by atomic mass is 10.2. The van der Waals surface area contributed by atoms with Crippen LogP contribution in [0.2, 0.25) is 0 Å². The highest BCUT2D eigenvalue weighted by atomic mass is 32.2. The second kappa shape index (κ2) is 9.09. The Morgan fingerprint density at radius 2 is 1.83 bits per heavy atom. The zero-order chi connectivity index (χ0) is 21.0. The normalized spacial score (nSPS) is 14.3. The van der Waals surface area contributed by atoms with Crippen LogP contribution in [0.3, 0.4) is 0 Å². The lowest BCUT2D eigenvalue weighted by Crippen LogP contribution is -2.28. The molecule has 1 heterocycles. The molecule has 1 saturated heterocycles. The first kappa shape index (κ1) is 21.5. The van der Waals surface area contributed by atoms with Gasteiger partial charge in [0, 0.05) is 18.0 Å². The number of carbonyl (C=O) groups is 1. The fourth-order valence-corrected chi connectivity index (χ4v) is 4.89. The molecule has 1 amide bonds. The fourth-order valence-electron chi connectivity index (χ4n) is 3.22. The van der Waals surface area contributed by atoms with Crippen molar-refractivity contribution in [1.82, 2.24) is 4.90 Å². The lowest BCUT2D eigenvalue weighted by Gasteiger charge is -2.19. The fraction of sp³-hybridized carbons (Fsp3) is 0.381. The number of para-hydroxylation sites is 2. The van der Waals surface area contributed by atoms with Gasteiger partial charge in [0.15, 0.2) is 0 Å². The van der Waals surface area contributed by atoms with Gasteiger partial charge in [0.05, 0.1) is 22.3 Å². The molecule has 0 aliphatic carbocycles. The predicted molar refractivity (Wildman–Crippen MR) is 116 cm³/mol. The van der Waals surface area contributed by atoms with Crippen LogP contribution in [0.15, 0.2) is 52.3 Å². The standard InChI is InChI=1S/C21H26N2O4S2/c1-15(2)27-19-9-5-4-8-18(19)22-29(25,26)16-10-11-20(28-3)17(14-16)21(24)23-12-6-7-13-23/h4-5,8-11,14-15,22H,6-7,12-13H2,1-3H3. The predicted octanol–water partition coefficient (Wildman–Crippen LogP) is 4.23. The van der Waals surface area contributed by atoms with Crippen LogP contribution in [0, 0.1) is 0 Å². The molecule has 8 heteroatoms. The Labute approximate surface area is 176 Å². The molecule has 0 saturated carbocycles. The van der Waals surface area contributed by atoms with Gasteiger partial charge in [-0.05, 0) is 63.3 Å². The Balaban J connectivity index is 1.93. The number of nitrogens with zero attached hydrogens (tertiary/aromatic N) is 1. The first-order valence-electron chi connectivity index (χ1n) is 9.57. The summed E-state index contributed by atoms with van der Waals surface area (Å²) in [5, 5.41) is 0. The van der Waals surface area contributed by atoms with Gasteiger partial charge in [-0.3, -0.25) is 9.52 Å². The van der Waals surface area contributed by atoms with Crippen molar-refractivity contribution in [1.29, 1.82) is 0 Å². The third-order valence-corrected chi connectivity index (χ3v) is 6.76. The molecule has 2 aromatic carbocycles. The first-order chi connectivity index (χ1) is 13.8. The van der Waals surface area contributed by atoms with E-state index in [1.165, 1.54) is 23.9 Å². The van der Waals surface area contributed by atoms with Crippen molar-refractivity contribution in [3.8, 4) is 5.75 Å². The van der Waals surface area contributed by atoms with Gasteiger partial charge in [-0.2, -0.15) is 0 Å². The molecule has 1 fully saturated rings. The summed E-state index contributed by atoms with van der Waals surface area (Å²) in [5.41, 5.74) is 0.788. The molecule has 0 bridgehead atoms. The van der Waals surface area contributed by atoms with E-state index in [-0.39, 0.29) is 16.9 Å². The molecule has 0 spiro atoms. The maximum Gasteiger partial charge on any atom is 0.262 e. The van der Waals surface area contributed by atoms with Gasteiger partial charge in [0.1, 0.15) is 5.75 Å². The number of hydrogen-bond donors (Lipinski definition) is 1. The molecule has 3 rings (SSSR count). The molecule has 6 nitrogen and oxygen atoms in total. The van der Waals surface area contributed by atoms with Crippen LogP contribution in [0.25, 0.3) is 0 Å². The molecular formula is C21H26N2O4S2. The number of carbonyl (C=O) groups excluding carboxylic acids is 1. The van der Waals surface area contributed by atoms with Gasteiger partial charge in [-0.15, -0.1) is 11.8 Å². The third-order valence-electron chi connectivity index (χ3n) is 4.60. The summed E-state index contributed by atoms with van der Waals surface area (Å²) in [6.45, 7) is 5.18. The van der Waals surface area contributed by atoms with Crippen LogP contribution in [0.5, 0.6) is 5.75 Å². The van der Waals surface area contributed by atoms with Gasteiger partial charge >= 0.3 is 0 Å². The Morgan fingerprint density at radius 1 is 1.14 bits per heavy atom. The van der Waals surface area contributed by atoms with Crippen molar-refractivity contribution in [2.45, 2.75) is 42.6 Å². The van der Waals surface area contributed by atoms with Gasteiger partial charge in [-0.1, -0.05) is 12.1 Å². The minimum absolute atomic E-state index is 0.0530. The molecule has 0 atom stereocenters. The Morgan fingerprint density at radius 3 is 2.48 bits per heavy atom. The third kappa shape index (κ3) is 5.05. The minimum atomic E-state index is -3.89. The Kier molecular flexibility index (Phi) is 6.74. The van der Waals surface area contributed by atoms with E-state index in [2.05, 4.69) is 4.72 Å². The van der Waals surface area contributed by atoms with Crippen molar-refractivity contribution in [3.05, 3.63) is 48.0 Å². The van der Waals surface area contributed by atoms with Crippen LogP contribution >= 0.6 is 11.8 Å². The maximum absolute atomic E-state index is 13.0. The number of ether oxygens (including phenoxy) is 1. The quantitative estimate of drug-likeness (QED) is 0.660. The Hall–Kier alpha value is -2.19. The molecule has 0 radical (unpaired) electrons. The molecule has 29 heavy (non-hydrogen) atoms. The average Bonchev–Trinajstić information content (AvgIpc) is 3.22. The monoisotopic (exact) mass is 434 g/mol. The van der Waals surface area contributed by atoms with Gasteiger partial charge in [-0.25, -0.2) is 8.42 Å². The number of amides is 1. The molecule has 1 aliphatic rings. The highest BCUT2D eigenvalue weighted by Gasteiger charge is 2.25. The van der Waals surface area contributed by atoms with E-state index in [4.69, 9.17) is 4.74 Å². The summed E-state index contributed by atoms with van der Waals surface area (Å²) in [4.78, 5) is 15.5. The van der Waals surface area contributed by atoms with Gasteiger partial charge in [0.25, 0.3) is 15.9 Å². The van der Waals surface area contributed by atoms with Crippen LogP contribution in [-0.2, 0) is 10.0 Å². The van der Waals surface area contributed by atoms with Crippen LogP contribution < -0.4 is 9.46 Å². The first-order valence-corrected chi connectivity index (χ1v) is 12.3. The summed E-state index contributed by atoms with van der Waals surface area (Å²) >= 11 is 1.43. The molecule has 1 aliphatic heterocycles. The largest absolute Gasteiger partial charge is 0.489 e. The van der Waals surface area contributed by atoms with E-state index in [0.717, 1.165) is 17.7 Å². The topological polar surface area (TPSA) is 75.7 Å². The summed E-state index contributed by atoms with van der Waals surface area (Å²) in [6, 6.07) is 11.6. The minimum Gasteiger partial charge on any atom is -0.489 e. The van der Waals surface area contributed by atoms with Crippen molar-refractivity contribution in [2.24, 2.45) is 0 Å². The highest BCUT2D eigenvalue weighted by Crippen LogP contribution is 2.30. The molecule has 156 valence electrons. The summed E-state index contributed by atoms with van der Waals surface area (Å²) in [6.07, 6.45) is 3.74. The van der Waals surface area contributed by atoms with Gasteiger partial charge < -0.3 is 9.64 Å². The SMILES string of the molecule is CSc1ccc(S(=O)(=O)Nc2ccccc2OC(C)C)cc1C(=O)N1CCCC1. The average molecular weight is 435 g/mol. The van der Waals surface area contributed by atoms with Crippen LogP contribution in [0.1, 0.15) is 37.0 Å². The van der Waals surface area contributed by atoms with E-state index < -0.39 is 10.0 Å². The summed E-state index contributed by atoms with van der Waals surface area (Å²) < 4.78 is 34.4. The molecular weight excluding hydrogens is 408 g/mol. The molecule has 0 unspecified atom stereocenters. The van der Waals surface area contributed by atoms with E-state index >= 15 is 0 Å². The van der Waals surface area contributed by atoms with E-state index in [1.807, 2.05) is 20.1 Å². The number of sulfonamides is 1. The number of benzene rings is 2. The van der Waals surface area contributed by atoms with Crippen molar-refractivity contribution in [3.63, 3.8) is 0 Å². The number of likely N-dealkylation sites (tertiary alicyclic amines) is 1. The van der Waals surface area contributed by atoms with Crippen molar-refractivity contribution >= 4 is 33.4 Å². The number of anilines is 1. The van der Waals surface area contributed by atoms with E-state index in [1.54, 1.807) is 35.2 Å². The van der Waals surface area contributed by atoms with Crippen LogP contribution in [-0.4, -0.2) is 44.7 Å². The number of hydrogen-bond acceptors (Lipinski definition) is 5. The number of thioether (sulfide) groups is 1. The molecule has 1 N–H and O–H groups in total. The maximum atomic E-state index is 13.0. The van der Waals surface area contributed by atoms with E-state index in [9.17, 15) is 13.2 Å². The van der Waals surface area contributed by atoms with Crippen molar-refractivity contribution < 1.29 is 17.9 Å². The lowest BCUT2D eigenvalue weighted by molar-refractivity contribution is 0.0789. The summed E-state index contributed by atoms with van der Waals surface area (Å²) in [5.74, 6) is 0.340. The molecule has 2 aromatic rings. The second-order valence-electron chi connectivity index (χ2n) is 7.13. The highest BCUT2D eigenvalue weighted by molar-refractivity contribution is 7.98.